The number of hydrogen-bond acceptors (Lipinski definition) is 2. The average Bonchev–Trinajstić information content (AvgIpc) is 2.97. The molecule has 1 aromatic heterocycles. The Bertz CT molecular complexity index is 401. The summed E-state index contributed by atoms with van der Waals surface area (Å²) < 4.78 is 11.0. The Morgan fingerprint density at radius 3 is 1.81 bits per heavy atom. The van der Waals surface area contributed by atoms with Crippen LogP contribution in [-0.4, -0.2) is 24.2 Å². The molecule has 2 nitrogen and oxygen atoms in total. The van der Waals surface area contributed by atoms with Crippen molar-refractivity contribution >= 4 is 27.7 Å². The summed E-state index contributed by atoms with van der Waals surface area (Å²) in [6, 6.07) is 0. The van der Waals surface area contributed by atoms with E-state index in [0.29, 0.717) is 0 Å². The minimum absolute atomic E-state index is 0.185. The summed E-state index contributed by atoms with van der Waals surface area (Å²) >= 11 is -2.49. The molecule has 0 aliphatic rings. The second-order valence-corrected chi connectivity index (χ2v) is 19.5. The number of unbranched alkanes of at least 4 members (excludes halogenated alkanes) is 3. The standard InChI is InChI=1S/C6H5O2.3C4H9.Sn/c1-5(7)6-2-3-8-4-6;3*1-3-4-2;/h3-4H,1H3;3*1,3-4H2,2H3;. The molecule has 1 heterocycles. The third kappa shape index (κ3) is 5.15. The molecule has 0 amide bonds. The fraction of sp³-hybridized carbons (Fsp3) is 0.722. The van der Waals surface area contributed by atoms with Gasteiger partial charge in [-0.05, 0) is 0 Å². The van der Waals surface area contributed by atoms with Crippen LogP contribution in [0.25, 0.3) is 0 Å². The van der Waals surface area contributed by atoms with E-state index in [1.54, 1.807) is 13.2 Å². The molecule has 1 aromatic rings. The minimum atomic E-state index is -2.49. The third-order valence-electron chi connectivity index (χ3n) is 4.64. The van der Waals surface area contributed by atoms with Gasteiger partial charge in [0.15, 0.2) is 0 Å². The zero-order valence-corrected chi connectivity index (χ0v) is 17.2. The number of carbonyl (C=O) groups excluding carboxylic acids is 1. The van der Waals surface area contributed by atoms with Crippen molar-refractivity contribution in [1.29, 1.82) is 0 Å². The molecule has 0 aliphatic heterocycles. The number of ketones is 1. The molecule has 0 saturated heterocycles. The van der Waals surface area contributed by atoms with Gasteiger partial charge in [-0.25, -0.2) is 0 Å². The Morgan fingerprint density at radius 2 is 1.43 bits per heavy atom. The van der Waals surface area contributed by atoms with Crippen LogP contribution in [-0.2, 0) is 0 Å². The van der Waals surface area contributed by atoms with E-state index in [2.05, 4.69) is 20.8 Å². The molecule has 0 saturated carbocycles. The van der Waals surface area contributed by atoms with Gasteiger partial charge in [0, 0.05) is 0 Å². The van der Waals surface area contributed by atoms with Crippen molar-refractivity contribution in [3.8, 4) is 0 Å². The summed E-state index contributed by atoms with van der Waals surface area (Å²) in [5, 5.41) is 0. The molecule has 21 heavy (non-hydrogen) atoms. The first-order valence-corrected chi connectivity index (χ1v) is 16.2. The van der Waals surface area contributed by atoms with Crippen LogP contribution in [0, 0.1) is 0 Å². The summed E-state index contributed by atoms with van der Waals surface area (Å²) in [4.78, 5) is 12.0. The van der Waals surface area contributed by atoms with E-state index in [9.17, 15) is 4.79 Å². The molecule has 120 valence electrons. The number of carbonyl (C=O) groups is 1. The van der Waals surface area contributed by atoms with Crippen molar-refractivity contribution in [1.82, 2.24) is 0 Å². The van der Waals surface area contributed by atoms with Gasteiger partial charge < -0.3 is 0 Å². The van der Waals surface area contributed by atoms with Gasteiger partial charge >= 0.3 is 135 Å². The predicted molar refractivity (Wildman–Crippen MR) is 93.2 cm³/mol. The summed E-state index contributed by atoms with van der Waals surface area (Å²) in [6.45, 7) is 8.51. The van der Waals surface area contributed by atoms with Crippen LogP contribution in [0.15, 0.2) is 16.9 Å². The van der Waals surface area contributed by atoms with Crippen LogP contribution in [0.1, 0.15) is 76.6 Å². The second-order valence-electron chi connectivity index (χ2n) is 6.35. The molecule has 3 heteroatoms. The van der Waals surface area contributed by atoms with Crippen molar-refractivity contribution in [2.24, 2.45) is 0 Å². The van der Waals surface area contributed by atoms with Gasteiger partial charge in [0.05, 0.1) is 0 Å². The Hall–Kier alpha value is -0.251. The molecule has 0 radical (unpaired) electrons. The van der Waals surface area contributed by atoms with Gasteiger partial charge in [-0.15, -0.1) is 0 Å². The van der Waals surface area contributed by atoms with Crippen LogP contribution in [0.4, 0.5) is 0 Å². The maximum atomic E-state index is 12.0. The van der Waals surface area contributed by atoms with E-state index < -0.39 is 18.4 Å². The SMILES string of the molecule is CCC[CH2][Sn]([CH2]CCC)([CH2]CCC)[c]1cocc1C(C)=O. The Morgan fingerprint density at radius 1 is 0.952 bits per heavy atom. The Balaban J connectivity index is 3.16. The molecule has 0 bridgehead atoms. The molecular weight excluding hydrogens is 367 g/mol. The molecule has 0 atom stereocenters. The summed E-state index contributed by atoms with van der Waals surface area (Å²) in [7, 11) is 0. The van der Waals surface area contributed by atoms with E-state index in [-0.39, 0.29) is 5.78 Å². The third-order valence-corrected chi connectivity index (χ3v) is 20.2. The second kappa shape index (κ2) is 9.70. The summed E-state index contributed by atoms with van der Waals surface area (Å²) in [6.07, 6.45) is 11.3. The van der Waals surface area contributed by atoms with E-state index in [1.807, 2.05) is 6.26 Å². The van der Waals surface area contributed by atoms with E-state index in [4.69, 9.17) is 4.42 Å². The van der Waals surface area contributed by atoms with Crippen molar-refractivity contribution in [3.05, 3.63) is 18.1 Å². The zero-order valence-electron chi connectivity index (χ0n) is 14.3. The fourth-order valence-corrected chi connectivity index (χ4v) is 19.8. The van der Waals surface area contributed by atoms with Crippen molar-refractivity contribution in [2.75, 3.05) is 0 Å². The molecule has 1 rings (SSSR count). The van der Waals surface area contributed by atoms with Crippen molar-refractivity contribution < 1.29 is 9.21 Å². The zero-order chi connectivity index (χ0) is 15.7. The topological polar surface area (TPSA) is 30.2 Å². The van der Waals surface area contributed by atoms with Gasteiger partial charge in [-0.1, -0.05) is 0 Å². The van der Waals surface area contributed by atoms with Gasteiger partial charge in [0.25, 0.3) is 0 Å². The molecule has 0 aliphatic carbocycles. The maximum absolute atomic E-state index is 12.0. The molecule has 0 N–H and O–H groups in total. The van der Waals surface area contributed by atoms with Crippen LogP contribution in [0.3, 0.4) is 0 Å². The van der Waals surface area contributed by atoms with Gasteiger partial charge in [0.1, 0.15) is 0 Å². The van der Waals surface area contributed by atoms with Gasteiger partial charge in [0.2, 0.25) is 0 Å². The molecular formula is C18H32O2Sn. The van der Waals surface area contributed by atoms with Crippen LogP contribution in [0.5, 0.6) is 0 Å². The van der Waals surface area contributed by atoms with Crippen LogP contribution >= 0.6 is 0 Å². The van der Waals surface area contributed by atoms with Crippen LogP contribution in [0.2, 0.25) is 13.3 Å². The molecule has 0 unspecified atom stereocenters. The molecule has 0 fully saturated rings. The fourth-order valence-electron chi connectivity index (χ4n) is 3.30. The monoisotopic (exact) mass is 400 g/mol. The summed E-state index contributed by atoms with van der Waals surface area (Å²) in [5.41, 5.74) is 0.897. The first kappa shape index (κ1) is 18.8. The van der Waals surface area contributed by atoms with E-state index in [0.717, 1.165) is 5.56 Å². The normalized spacial score (nSPS) is 11.8. The quantitative estimate of drug-likeness (QED) is 0.362. The van der Waals surface area contributed by atoms with E-state index >= 15 is 0 Å². The number of Topliss-reactive ketones (excluding diaryl/α,β-unsaturated/α-hetero) is 1. The first-order valence-electron chi connectivity index (χ1n) is 8.68. The Labute approximate surface area is 134 Å². The summed E-state index contributed by atoms with van der Waals surface area (Å²) in [5.74, 6) is 0.185. The predicted octanol–water partition coefficient (Wildman–Crippen LogP) is 5.54. The Kier molecular flexibility index (Phi) is 8.68. The number of furan rings is 1. The van der Waals surface area contributed by atoms with E-state index in [1.165, 1.54) is 55.4 Å². The first-order chi connectivity index (χ1) is 10.1. The molecule has 0 aromatic carbocycles. The average molecular weight is 399 g/mol. The number of rotatable bonds is 11. The number of hydrogen-bond donors (Lipinski definition) is 0. The van der Waals surface area contributed by atoms with Crippen LogP contribution < -0.4 is 3.58 Å². The van der Waals surface area contributed by atoms with Gasteiger partial charge in [-0.2, -0.15) is 0 Å². The molecule has 0 spiro atoms. The van der Waals surface area contributed by atoms with Crippen molar-refractivity contribution in [3.63, 3.8) is 0 Å². The van der Waals surface area contributed by atoms with Crippen molar-refractivity contribution in [2.45, 2.75) is 79.5 Å². The van der Waals surface area contributed by atoms with Gasteiger partial charge in [-0.3, -0.25) is 0 Å².